The van der Waals surface area contributed by atoms with Gasteiger partial charge in [-0.15, -0.1) is 0 Å². The van der Waals surface area contributed by atoms with E-state index in [1.807, 2.05) is 24.3 Å². The van der Waals surface area contributed by atoms with Gasteiger partial charge in [0.25, 0.3) is 0 Å². The largest absolute Gasteiger partial charge is 0.383 e. The van der Waals surface area contributed by atoms with Crippen molar-refractivity contribution in [3.63, 3.8) is 0 Å². The molecule has 4 rings (SSSR count). The van der Waals surface area contributed by atoms with E-state index < -0.39 is 0 Å². The summed E-state index contributed by atoms with van der Waals surface area (Å²) in [6.07, 6.45) is 4.18. The molecule has 0 aliphatic carbocycles. The zero-order valence-electron chi connectivity index (χ0n) is 14.7. The molecule has 6 nitrogen and oxygen atoms in total. The third-order valence-corrected chi connectivity index (χ3v) is 5.24. The Hall–Kier alpha value is -1.76. The molecule has 0 radical (unpaired) electrons. The maximum Gasteiger partial charge on any atom is 0.145 e. The lowest BCUT2D eigenvalue weighted by atomic mass is 10.1. The number of piperazine rings is 1. The van der Waals surface area contributed by atoms with E-state index in [0.29, 0.717) is 11.9 Å². The summed E-state index contributed by atoms with van der Waals surface area (Å²) in [6, 6.07) is 7.93. The first-order chi connectivity index (χ1) is 12.3. The van der Waals surface area contributed by atoms with Crippen molar-refractivity contribution in [2.24, 2.45) is 0 Å². The Bertz CT molecular complexity index is 708. The summed E-state index contributed by atoms with van der Waals surface area (Å²) in [5.41, 5.74) is 7.03. The van der Waals surface area contributed by atoms with E-state index in [1.54, 1.807) is 0 Å². The van der Waals surface area contributed by atoms with Crippen LogP contribution in [0.5, 0.6) is 0 Å². The van der Waals surface area contributed by atoms with Gasteiger partial charge >= 0.3 is 0 Å². The highest BCUT2D eigenvalue weighted by molar-refractivity contribution is 5.87. The molecule has 0 spiro atoms. The fourth-order valence-corrected chi connectivity index (χ4v) is 3.79. The van der Waals surface area contributed by atoms with Crippen LogP contribution in [0.1, 0.15) is 25.1 Å². The van der Waals surface area contributed by atoms with Gasteiger partial charge < -0.3 is 10.5 Å². The van der Waals surface area contributed by atoms with Crippen LogP contribution >= 0.6 is 0 Å². The summed E-state index contributed by atoms with van der Waals surface area (Å²) in [7, 11) is 0. The number of hydrogen-bond acceptors (Lipinski definition) is 6. The quantitative estimate of drug-likeness (QED) is 0.916. The molecule has 2 N–H and O–H groups in total. The predicted molar refractivity (Wildman–Crippen MR) is 99.3 cm³/mol. The van der Waals surface area contributed by atoms with Crippen LogP contribution in [0, 0.1) is 0 Å². The van der Waals surface area contributed by atoms with E-state index in [4.69, 9.17) is 10.5 Å². The van der Waals surface area contributed by atoms with Gasteiger partial charge in [0.15, 0.2) is 0 Å². The highest BCUT2D eigenvalue weighted by Crippen LogP contribution is 2.19. The first-order valence-electron chi connectivity index (χ1n) is 9.35. The number of nitrogens with zero attached hydrogens (tertiary/aromatic N) is 4. The minimum absolute atomic E-state index is 0.434. The van der Waals surface area contributed by atoms with Gasteiger partial charge in [-0.3, -0.25) is 9.80 Å². The van der Waals surface area contributed by atoms with Gasteiger partial charge in [0.2, 0.25) is 0 Å². The van der Waals surface area contributed by atoms with Crippen molar-refractivity contribution >= 4 is 16.7 Å². The Morgan fingerprint density at radius 2 is 1.84 bits per heavy atom. The fourth-order valence-electron chi connectivity index (χ4n) is 3.79. The lowest BCUT2D eigenvalue weighted by Gasteiger charge is -2.36. The van der Waals surface area contributed by atoms with Crippen LogP contribution in [0.15, 0.2) is 24.3 Å². The second-order valence-corrected chi connectivity index (χ2v) is 7.11. The monoisotopic (exact) mass is 341 g/mol. The summed E-state index contributed by atoms with van der Waals surface area (Å²) in [5, 5.41) is 0.934. The molecule has 2 aliphatic rings. The number of aromatic nitrogens is 2. The third kappa shape index (κ3) is 4.08. The standard InChI is InChI=1S/C19H27N5O/c20-19-16-6-1-2-7-17(16)21-18(22-19)14-24-10-8-23(9-11-24)13-15-5-3-4-12-25-15/h1-2,6-7,15H,3-5,8-14H2,(H2,20,21,22)/t15-/m1/s1. The van der Waals surface area contributed by atoms with Gasteiger partial charge in [-0.1, -0.05) is 12.1 Å². The van der Waals surface area contributed by atoms with Gasteiger partial charge in [0.05, 0.1) is 18.2 Å². The molecule has 1 aromatic heterocycles. The lowest BCUT2D eigenvalue weighted by Crippen LogP contribution is -2.48. The Morgan fingerprint density at radius 3 is 2.64 bits per heavy atom. The van der Waals surface area contributed by atoms with E-state index in [2.05, 4.69) is 19.8 Å². The number of nitrogens with two attached hydrogens (primary N) is 1. The highest BCUT2D eigenvalue weighted by atomic mass is 16.5. The third-order valence-electron chi connectivity index (χ3n) is 5.24. The normalized spacial score (nSPS) is 23.1. The number of para-hydroxylation sites is 1. The van der Waals surface area contributed by atoms with Gasteiger partial charge in [0.1, 0.15) is 11.6 Å². The fraction of sp³-hybridized carbons (Fsp3) is 0.579. The summed E-state index contributed by atoms with van der Waals surface area (Å²) < 4.78 is 5.87. The number of ether oxygens (including phenoxy) is 1. The zero-order chi connectivity index (χ0) is 17.1. The molecule has 134 valence electrons. The van der Waals surface area contributed by atoms with E-state index >= 15 is 0 Å². The van der Waals surface area contributed by atoms with Gasteiger partial charge in [0, 0.05) is 44.7 Å². The van der Waals surface area contributed by atoms with E-state index in [-0.39, 0.29) is 0 Å². The molecule has 2 saturated heterocycles. The molecular formula is C19H27N5O. The van der Waals surface area contributed by atoms with Crippen molar-refractivity contribution in [3.05, 3.63) is 30.1 Å². The SMILES string of the molecule is Nc1nc(CN2CCN(C[C@H]3CCCCO3)CC2)nc2ccccc12. The number of nitrogen functional groups attached to an aromatic ring is 1. The number of rotatable bonds is 4. The summed E-state index contributed by atoms with van der Waals surface area (Å²) >= 11 is 0. The summed E-state index contributed by atoms with van der Waals surface area (Å²) in [6.45, 7) is 7.04. The van der Waals surface area contributed by atoms with Crippen molar-refractivity contribution in [3.8, 4) is 0 Å². The molecule has 0 saturated carbocycles. The number of fused-ring (bicyclic) bond motifs is 1. The van der Waals surface area contributed by atoms with Crippen molar-refractivity contribution in [2.45, 2.75) is 31.9 Å². The molecule has 0 unspecified atom stereocenters. The predicted octanol–water partition coefficient (Wildman–Crippen LogP) is 1.90. The van der Waals surface area contributed by atoms with Crippen LogP contribution in [-0.4, -0.2) is 65.2 Å². The minimum atomic E-state index is 0.434. The second-order valence-electron chi connectivity index (χ2n) is 7.11. The highest BCUT2D eigenvalue weighted by Gasteiger charge is 2.22. The second kappa shape index (κ2) is 7.64. The van der Waals surface area contributed by atoms with Crippen molar-refractivity contribution < 1.29 is 4.74 Å². The van der Waals surface area contributed by atoms with E-state index in [1.165, 1.54) is 19.3 Å². The van der Waals surface area contributed by atoms with Crippen LogP contribution in [0.25, 0.3) is 10.9 Å². The Balaban J connectivity index is 1.32. The molecular weight excluding hydrogens is 314 g/mol. The van der Waals surface area contributed by atoms with Crippen molar-refractivity contribution in [2.75, 3.05) is 45.1 Å². The molecule has 2 aliphatic heterocycles. The first-order valence-corrected chi connectivity index (χ1v) is 9.35. The topological polar surface area (TPSA) is 67.5 Å². The van der Waals surface area contributed by atoms with Crippen LogP contribution < -0.4 is 5.73 Å². The maximum atomic E-state index is 6.10. The van der Waals surface area contributed by atoms with Crippen molar-refractivity contribution in [1.82, 2.24) is 19.8 Å². The number of anilines is 1. The van der Waals surface area contributed by atoms with Gasteiger partial charge in [-0.05, 0) is 31.4 Å². The average molecular weight is 341 g/mol. The number of benzene rings is 1. The Morgan fingerprint density at radius 1 is 1.04 bits per heavy atom. The van der Waals surface area contributed by atoms with Crippen molar-refractivity contribution in [1.29, 1.82) is 0 Å². The van der Waals surface area contributed by atoms with Crippen LogP contribution in [-0.2, 0) is 11.3 Å². The average Bonchev–Trinajstić information content (AvgIpc) is 2.64. The van der Waals surface area contributed by atoms with Gasteiger partial charge in [-0.25, -0.2) is 9.97 Å². The molecule has 2 aromatic rings. The maximum absolute atomic E-state index is 6.10. The molecule has 3 heterocycles. The molecule has 1 aromatic carbocycles. The summed E-state index contributed by atoms with van der Waals surface area (Å²) in [4.78, 5) is 14.1. The zero-order valence-corrected chi connectivity index (χ0v) is 14.7. The van der Waals surface area contributed by atoms with Crippen LogP contribution in [0.3, 0.4) is 0 Å². The summed E-state index contributed by atoms with van der Waals surface area (Å²) in [5.74, 6) is 1.40. The minimum Gasteiger partial charge on any atom is -0.383 e. The van der Waals surface area contributed by atoms with E-state index in [0.717, 1.165) is 62.6 Å². The van der Waals surface area contributed by atoms with Crippen LogP contribution in [0.2, 0.25) is 0 Å². The molecule has 0 amide bonds. The molecule has 1 atom stereocenters. The number of hydrogen-bond donors (Lipinski definition) is 1. The Labute approximate surface area is 149 Å². The lowest BCUT2D eigenvalue weighted by molar-refractivity contribution is -0.0147. The first kappa shape index (κ1) is 16.7. The Kier molecular flexibility index (Phi) is 5.10. The van der Waals surface area contributed by atoms with Gasteiger partial charge in [-0.2, -0.15) is 0 Å². The van der Waals surface area contributed by atoms with E-state index in [9.17, 15) is 0 Å². The molecule has 2 fully saturated rings. The smallest absolute Gasteiger partial charge is 0.145 e. The molecule has 6 heteroatoms. The molecule has 25 heavy (non-hydrogen) atoms. The van der Waals surface area contributed by atoms with Crippen LogP contribution in [0.4, 0.5) is 5.82 Å². The molecule has 0 bridgehead atoms.